The number of nitrogens with one attached hydrogen (secondary N) is 1. The van der Waals surface area contributed by atoms with E-state index in [0.717, 1.165) is 10.9 Å². The lowest BCUT2D eigenvalue weighted by molar-refractivity contribution is -0.140. The average Bonchev–Trinajstić information content (AvgIpc) is 3.30. The summed E-state index contributed by atoms with van der Waals surface area (Å²) in [5.41, 5.74) is 1.72. The molecule has 7 nitrogen and oxygen atoms in total. The van der Waals surface area contributed by atoms with Crippen molar-refractivity contribution in [2.45, 2.75) is 12.5 Å². The second-order valence-electron chi connectivity index (χ2n) is 7.30. The van der Waals surface area contributed by atoms with Gasteiger partial charge < -0.3 is 24.8 Å². The fourth-order valence-electron chi connectivity index (χ4n) is 3.94. The summed E-state index contributed by atoms with van der Waals surface area (Å²) < 4.78 is 5.08. The van der Waals surface area contributed by atoms with Crippen molar-refractivity contribution < 1.29 is 24.5 Å². The molecule has 1 unspecified atom stereocenters. The Morgan fingerprint density at radius 1 is 1.23 bits per heavy atom. The number of hydrogen-bond donors (Lipinski definition) is 3. The number of carbonyl (C=O) groups excluding carboxylic acids is 2. The number of phenolic OH excluding ortho intramolecular Hbond substituents is 1. The number of ether oxygens (including phenoxy) is 1. The molecular weight excluding hydrogens is 420 g/mol. The Kier molecular flexibility index (Phi) is 5.71. The Labute approximate surface area is 183 Å². The third-order valence-corrected chi connectivity index (χ3v) is 5.72. The molecule has 1 saturated heterocycles. The molecule has 0 radical (unpaired) electrons. The van der Waals surface area contributed by atoms with Gasteiger partial charge in [0.15, 0.2) is 0 Å². The molecule has 1 atom stereocenters. The molecule has 0 bridgehead atoms. The van der Waals surface area contributed by atoms with E-state index in [1.165, 1.54) is 17.0 Å². The number of aromatic hydroxyl groups is 1. The molecule has 1 aromatic heterocycles. The number of carbonyl (C=O) groups is 2. The SMILES string of the molecule is COCCCN1C(=O)C(=O)/C(=C(\O)c2c[nH]c3ccccc23)C1c1ccc(O)c(Cl)c1. The predicted octanol–water partition coefficient (Wildman–Crippen LogP) is 3.99. The molecule has 1 fully saturated rings. The molecule has 0 aliphatic carbocycles. The molecule has 4 rings (SSSR count). The monoisotopic (exact) mass is 440 g/mol. The van der Waals surface area contributed by atoms with E-state index in [4.69, 9.17) is 16.3 Å². The summed E-state index contributed by atoms with van der Waals surface area (Å²) in [6, 6.07) is 11.0. The highest BCUT2D eigenvalue weighted by atomic mass is 35.5. The zero-order valence-electron chi connectivity index (χ0n) is 16.8. The number of fused-ring (bicyclic) bond motifs is 1. The molecule has 3 aromatic rings. The summed E-state index contributed by atoms with van der Waals surface area (Å²) >= 11 is 6.10. The number of hydrogen-bond acceptors (Lipinski definition) is 5. The molecule has 0 spiro atoms. The van der Waals surface area contributed by atoms with Crippen LogP contribution in [0.3, 0.4) is 0 Å². The van der Waals surface area contributed by atoms with Gasteiger partial charge in [-0.3, -0.25) is 9.59 Å². The van der Waals surface area contributed by atoms with Crippen molar-refractivity contribution >= 4 is 40.0 Å². The van der Waals surface area contributed by atoms with Crippen LogP contribution in [0, 0.1) is 0 Å². The van der Waals surface area contributed by atoms with Gasteiger partial charge in [0.1, 0.15) is 11.5 Å². The normalized spacial score (nSPS) is 18.3. The molecule has 2 aromatic carbocycles. The van der Waals surface area contributed by atoms with Crippen LogP contribution in [0.4, 0.5) is 0 Å². The van der Waals surface area contributed by atoms with E-state index in [9.17, 15) is 19.8 Å². The first-order valence-corrected chi connectivity index (χ1v) is 10.1. The van der Waals surface area contributed by atoms with E-state index in [0.29, 0.717) is 24.2 Å². The number of aromatic nitrogens is 1. The molecule has 160 valence electrons. The quantitative estimate of drug-likeness (QED) is 0.233. The summed E-state index contributed by atoms with van der Waals surface area (Å²) in [4.78, 5) is 30.4. The second-order valence-corrected chi connectivity index (χ2v) is 7.70. The van der Waals surface area contributed by atoms with E-state index in [2.05, 4.69) is 4.98 Å². The van der Waals surface area contributed by atoms with Gasteiger partial charge in [-0.25, -0.2) is 0 Å². The molecule has 1 amide bonds. The number of ketones is 1. The van der Waals surface area contributed by atoms with Crippen LogP contribution in [-0.4, -0.2) is 52.0 Å². The van der Waals surface area contributed by atoms with Crippen LogP contribution in [0.15, 0.2) is 54.2 Å². The number of likely N-dealkylation sites (tertiary alicyclic amines) is 1. The summed E-state index contributed by atoms with van der Waals surface area (Å²) in [6.45, 7) is 0.667. The highest BCUT2D eigenvalue weighted by Gasteiger charge is 2.46. The number of nitrogens with zero attached hydrogens (tertiary/aromatic N) is 1. The maximum Gasteiger partial charge on any atom is 0.295 e. The lowest BCUT2D eigenvalue weighted by Crippen LogP contribution is -2.31. The number of amides is 1. The molecular formula is C23H21ClN2O5. The van der Waals surface area contributed by atoms with Gasteiger partial charge in [-0.05, 0) is 30.2 Å². The van der Waals surface area contributed by atoms with Gasteiger partial charge in [0.05, 0.1) is 16.6 Å². The maximum absolute atomic E-state index is 13.0. The van der Waals surface area contributed by atoms with Crippen LogP contribution in [0.1, 0.15) is 23.6 Å². The van der Waals surface area contributed by atoms with Crippen LogP contribution in [0.2, 0.25) is 5.02 Å². The molecule has 8 heteroatoms. The lowest BCUT2D eigenvalue weighted by atomic mass is 9.95. The van der Waals surface area contributed by atoms with Crippen molar-refractivity contribution in [1.29, 1.82) is 0 Å². The molecule has 2 heterocycles. The number of Topliss-reactive ketones (excluding diaryl/α,β-unsaturated/α-hetero) is 1. The Morgan fingerprint density at radius 2 is 2.00 bits per heavy atom. The highest BCUT2D eigenvalue weighted by Crippen LogP contribution is 2.42. The van der Waals surface area contributed by atoms with Crippen molar-refractivity contribution in [1.82, 2.24) is 9.88 Å². The Balaban J connectivity index is 1.88. The van der Waals surface area contributed by atoms with Crippen molar-refractivity contribution in [2.24, 2.45) is 0 Å². The molecule has 1 aliphatic heterocycles. The minimum atomic E-state index is -0.844. The first-order chi connectivity index (χ1) is 14.9. The number of phenols is 1. The number of benzene rings is 2. The molecule has 0 saturated carbocycles. The summed E-state index contributed by atoms with van der Waals surface area (Å²) in [6.07, 6.45) is 2.12. The minimum absolute atomic E-state index is 0.0195. The zero-order valence-corrected chi connectivity index (χ0v) is 17.5. The van der Waals surface area contributed by atoms with Gasteiger partial charge in [-0.1, -0.05) is 35.9 Å². The number of aromatic amines is 1. The van der Waals surface area contributed by atoms with Crippen molar-refractivity contribution in [2.75, 3.05) is 20.3 Å². The van der Waals surface area contributed by atoms with Crippen LogP contribution in [0.25, 0.3) is 16.7 Å². The smallest absolute Gasteiger partial charge is 0.295 e. The van der Waals surface area contributed by atoms with E-state index in [1.54, 1.807) is 19.4 Å². The predicted molar refractivity (Wildman–Crippen MR) is 117 cm³/mol. The fourth-order valence-corrected chi connectivity index (χ4v) is 4.13. The standard InChI is InChI=1S/C23H21ClN2O5/c1-31-10-4-9-26-20(13-7-8-18(27)16(24)11-13)19(22(29)23(26)30)21(28)15-12-25-17-6-3-2-5-14(15)17/h2-3,5-8,11-12,20,25,27-28H,4,9-10H2,1H3/b21-19-. The number of methoxy groups -OCH3 is 1. The van der Waals surface area contributed by atoms with E-state index < -0.39 is 17.7 Å². The number of para-hydroxylation sites is 1. The number of rotatable bonds is 6. The van der Waals surface area contributed by atoms with Crippen molar-refractivity contribution in [3.63, 3.8) is 0 Å². The Morgan fingerprint density at radius 3 is 2.74 bits per heavy atom. The topological polar surface area (TPSA) is 103 Å². The molecule has 31 heavy (non-hydrogen) atoms. The summed E-state index contributed by atoms with van der Waals surface area (Å²) in [7, 11) is 1.56. The largest absolute Gasteiger partial charge is 0.507 e. The average molecular weight is 441 g/mol. The molecule has 1 aliphatic rings. The minimum Gasteiger partial charge on any atom is -0.507 e. The van der Waals surface area contributed by atoms with E-state index in [1.807, 2.05) is 24.3 Å². The lowest BCUT2D eigenvalue weighted by Gasteiger charge is -2.25. The summed E-state index contributed by atoms with van der Waals surface area (Å²) in [5, 5.41) is 21.8. The van der Waals surface area contributed by atoms with Crippen LogP contribution in [0.5, 0.6) is 5.75 Å². The van der Waals surface area contributed by atoms with Gasteiger partial charge in [0.2, 0.25) is 0 Å². The summed E-state index contributed by atoms with van der Waals surface area (Å²) in [5.74, 6) is -1.85. The Hall–Kier alpha value is -3.29. The maximum atomic E-state index is 13.0. The van der Waals surface area contributed by atoms with Gasteiger partial charge in [-0.15, -0.1) is 0 Å². The van der Waals surface area contributed by atoms with E-state index >= 15 is 0 Å². The first kappa shape index (κ1) is 21.0. The molecule has 3 N–H and O–H groups in total. The van der Waals surface area contributed by atoms with Gasteiger partial charge in [0.25, 0.3) is 11.7 Å². The third-order valence-electron chi connectivity index (χ3n) is 5.42. The first-order valence-electron chi connectivity index (χ1n) is 9.76. The number of halogens is 1. The van der Waals surface area contributed by atoms with Crippen LogP contribution in [-0.2, 0) is 14.3 Å². The van der Waals surface area contributed by atoms with E-state index in [-0.39, 0.29) is 28.6 Å². The van der Waals surface area contributed by atoms with Gasteiger partial charge in [0, 0.05) is 42.9 Å². The number of H-pyrrole nitrogens is 1. The fraction of sp³-hybridized carbons (Fsp3) is 0.217. The van der Waals surface area contributed by atoms with Crippen molar-refractivity contribution in [3.8, 4) is 5.75 Å². The number of aliphatic hydroxyl groups excluding tert-OH is 1. The zero-order chi connectivity index (χ0) is 22.1. The number of aliphatic hydroxyl groups is 1. The highest BCUT2D eigenvalue weighted by molar-refractivity contribution is 6.46. The second kappa shape index (κ2) is 8.45. The van der Waals surface area contributed by atoms with Crippen LogP contribution >= 0.6 is 11.6 Å². The van der Waals surface area contributed by atoms with Crippen LogP contribution < -0.4 is 0 Å². The van der Waals surface area contributed by atoms with Crippen molar-refractivity contribution in [3.05, 3.63) is 70.4 Å². The van der Waals surface area contributed by atoms with Gasteiger partial charge in [-0.2, -0.15) is 0 Å². The third kappa shape index (κ3) is 3.66. The Bertz CT molecular complexity index is 1200. The van der Waals surface area contributed by atoms with Gasteiger partial charge >= 0.3 is 0 Å².